The monoisotopic (exact) mass is 307 g/mol. The Balaban J connectivity index is 3.24. The number of rotatable bonds is 3. The number of carboxylic acid groups (broad SMARTS) is 1. The van der Waals surface area contributed by atoms with E-state index in [2.05, 4.69) is 0 Å². The van der Waals surface area contributed by atoms with Crippen LogP contribution in [-0.4, -0.2) is 49.5 Å². The molecule has 0 saturated carbocycles. The third kappa shape index (κ3) is 3.15. The van der Waals surface area contributed by atoms with E-state index in [-0.39, 0.29) is 23.0 Å². The first kappa shape index (κ1) is 17.4. The van der Waals surface area contributed by atoms with Crippen LogP contribution in [-0.2, 0) is 14.3 Å². The highest BCUT2D eigenvalue weighted by atomic mass is 32.2. The Labute approximate surface area is 121 Å². The van der Waals surface area contributed by atoms with Crippen molar-refractivity contribution < 1.29 is 27.0 Å². The van der Waals surface area contributed by atoms with E-state index >= 15 is 0 Å². The molecule has 1 unspecified atom stereocenters. The number of likely N-dealkylation sites (tertiary alicyclic amines) is 1. The summed E-state index contributed by atoms with van der Waals surface area (Å²) in [5.41, 5.74) is -0.594. The normalized spacial score (nSPS) is 31.8. The van der Waals surface area contributed by atoms with Gasteiger partial charge in [0.1, 0.15) is 18.7 Å². The van der Waals surface area contributed by atoms with Gasteiger partial charge in [-0.25, -0.2) is 0 Å². The molecule has 1 heterocycles. The Bertz CT molecular complexity index is 479. The number of carbonyl (C=O) groups excluding carboxylic acids is 1. The molecule has 0 aromatic heterocycles. The zero-order valence-corrected chi connectivity index (χ0v) is 13.9. The lowest BCUT2D eigenvalue weighted by Crippen LogP contribution is -2.71. The summed E-state index contributed by atoms with van der Waals surface area (Å²) < 4.78 is 27.4. The zero-order valence-electron chi connectivity index (χ0n) is 13.0. The minimum atomic E-state index is -3.60. The molecule has 1 rings (SSSR count). The van der Waals surface area contributed by atoms with Crippen LogP contribution in [0.4, 0.5) is 4.79 Å². The van der Waals surface area contributed by atoms with Gasteiger partial charge in [0.25, 0.3) is 16.2 Å². The average Bonchev–Trinajstić information content (AvgIpc) is 2.54. The summed E-state index contributed by atoms with van der Waals surface area (Å²) in [4.78, 5) is 11.9. The molecule has 0 aliphatic carbocycles. The first-order valence-electron chi connectivity index (χ1n) is 6.79. The van der Waals surface area contributed by atoms with Gasteiger partial charge >= 0.3 is 0 Å². The molecule has 0 bridgehead atoms. The lowest BCUT2D eigenvalue weighted by Gasteiger charge is -2.50. The summed E-state index contributed by atoms with van der Waals surface area (Å²) in [7, 11) is -3.60. The smallest absolute Gasteiger partial charge is 0.264 e. The van der Waals surface area contributed by atoms with E-state index in [0.717, 1.165) is 6.26 Å². The quantitative estimate of drug-likeness (QED) is 0.566. The van der Waals surface area contributed by atoms with Gasteiger partial charge in [-0.05, 0) is 20.8 Å². The predicted octanol–water partition coefficient (Wildman–Crippen LogP) is 0.718. The third-order valence-electron chi connectivity index (χ3n) is 4.17. The Morgan fingerprint density at radius 3 is 2.10 bits per heavy atom. The van der Waals surface area contributed by atoms with Crippen molar-refractivity contribution in [2.75, 3.05) is 12.8 Å². The van der Waals surface area contributed by atoms with Crippen molar-refractivity contribution in [3.05, 3.63) is 0 Å². The summed E-state index contributed by atoms with van der Waals surface area (Å²) in [5, 5.41) is 11.9. The molecule has 1 aliphatic rings. The minimum absolute atomic E-state index is 0.0836. The van der Waals surface area contributed by atoms with Crippen LogP contribution < -0.4 is 5.11 Å². The van der Waals surface area contributed by atoms with E-state index in [9.17, 15) is 18.3 Å². The molecule has 3 atom stereocenters. The van der Waals surface area contributed by atoms with Gasteiger partial charge in [0.05, 0.1) is 11.8 Å². The number of nitrogens with zero attached hydrogens (tertiary/aromatic N) is 1. The van der Waals surface area contributed by atoms with Gasteiger partial charge in [0.2, 0.25) is 0 Å². The predicted molar refractivity (Wildman–Crippen MR) is 73.2 cm³/mol. The Kier molecular flexibility index (Phi) is 4.58. The van der Waals surface area contributed by atoms with E-state index < -0.39 is 27.9 Å². The van der Waals surface area contributed by atoms with Crippen molar-refractivity contribution in [1.82, 2.24) is 0 Å². The fourth-order valence-corrected chi connectivity index (χ4v) is 3.97. The minimum Gasteiger partial charge on any atom is -0.498 e. The van der Waals surface area contributed by atoms with Crippen molar-refractivity contribution >= 4 is 16.2 Å². The van der Waals surface area contributed by atoms with Crippen molar-refractivity contribution in [3.8, 4) is 0 Å². The van der Waals surface area contributed by atoms with Crippen molar-refractivity contribution in [2.45, 2.75) is 58.7 Å². The molecular weight excluding hydrogens is 282 g/mol. The Morgan fingerprint density at radius 2 is 1.85 bits per heavy atom. The van der Waals surface area contributed by atoms with Gasteiger partial charge in [0.15, 0.2) is 0 Å². The molecule has 118 valence electrons. The molecule has 1 amide bonds. The maximum absolute atomic E-state index is 11.9. The van der Waals surface area contributed by atoms with Crippen LogP contribution in [0.1, 0.15) is 41.0 Å². The SMILES string of the molecule is CC(C)[C@H]1C[C@H](OS(C)(=O)=O)C[N+]1(C(=O)[O-])C(C)(C)C. The van der Waals surface area contributed by atoms with Gasteiger partial charge in [0, 0.05) is 12.3 Å². The third-order valence-corrected chi connectivity index (χ3v) is 4.79. The molecule has 0 aromatic carbocycles. The first-order valence-corrected chi connectivity index (χ1v) is 8.60. The lowest BCUT2D eigenvalue weighted by molar-refractivity contribution is -0.934. The number of carbonyl (C=O) groups is 1. The second kappa shape index (κ2) is 5.27. The number of quaternary nitrogens is 1. The summed E-state index contributed by atoms with van der Waals surface area (Å²) >= 11 is 0. The molecule has 0 N–H and O–H groups in total. The lowest BCUT2D eigenvalue weighted by atomic mass is 9.93. The van der Waals surface area contributed by atoms with Crippen LogP contribution in [0.2, 0.25) is 0 Å². The topological polar surface area (TPSA) is 83.5 Å². The van der Waals surface area contributed by atoms with E-state index in [1.54, 1.807) is 0 Å². The standard InChI is InChI=1S/C13H25NO5S/c1-9(2)11-7-10(19-20(6,17)18)8-14(11,12(15)16)13(3,4)5/h9-11H,7-8H2,1-6H3/t10-,11+,14?/m0/s1. The zero-order chi connectivity index (χ0) is 15.9. The largest absolute Gasteiger partial charge is 0.498 e. The number of amides is 1. The van der Waals surface area contributed by atoms with Crippen LogP contribution in [0.3, 0.4) is 0 Å². The summed E-state index contributed by atoms with van der Waals surface area (Å²) in [5.74, 6) is 0.0836. The number of hydrogen-bond donors (Lipinski definition) is 0. The maximum Gasteiger partial charge on any atom is 0.264 e. The molecule has 1 saturated heterocycles. The van der Waals surface area contributed by atoms with Gasteiger partial charge in [-0.1, -0.05) is 13.8 Å². The van der Waals surface area contributed by atoms with Crippen LogP contribution in [0, 0.1) is 5.92 Å². The van der Waals surface area contributed by atoms with E-state index in [1.807, 2.05) is 34.6 Å². The average molecular weight is 307 g/mol. The first-order chi connectivity index (χ1) is 8.81. The van der Waals surface area contributed by atoms with Gasteiger partial charge < -0.3 is 9.90 Å². The Morgan fingerprint density at radius 1 is 1.35 bits per heavy atom. The van der Waals surface area contributed by atoms with Gasteiger partial charge in [-0.2, -0.15) is 8.42 Å². The van der Waals surface area contributed by atoms with Crippen LogP contribution in [0.25, 0.3) is 0 Å². The second-order valence-corrected chi connectivity index (χ2v) is 8.56. The number of hydrogen-bond acceptors (Lipinski definition) is 5. The molecule has 0 aromatic rings. The molecule has 0 radical (unpaired) electrons. The Hall–Kier alpha value is -0.660. The van der Waals surface area contributed by atoms with Crippen molar-refractivity contribution in [1.29, 1.82) is 0 Å². The van der Waals surface area contributed by atoms with Gasteiger partial charge in [-0.15, -0.1) is 0 Å². The molecule has 0 spiro atoms. The van der Waals surface area contributed by atoms with E-state index in [1.165, 1.54) is 0 Å². The summed E-state index contributed by atoms with van der Waals surface area (Å²) in [6.45, 7) is 9.50. The van der Waals surface area contributed by atoms with Crippen LogP contribution in [0.5, 0.6) is 0 Å². The fourth-order valence-electron chi connectivity index (χ4n) is 3.33. The highest BCUT2D eigenvalue weighted by Crippen LogP contribution is 2.41. The maximum atomic E-state index is 11.9. The van der Waals surface area contributed by atoms with E-state index in [0.29, 0.717) is 6.42 Å². The van der Waals surface area contributed by atoms with E-state index in [4.69, 9.17) is 4.18 Å². The molecule has 20 heavy (non-hydrogen) atoms. The fraction of sp³-hybridized carbons (Fsp3) is 0.923. The molecule has 1 fully saturated rings. The molecule has 1 aliphatic heterocycles. The summed E-state index contributed by atoms with van der Waals surface area (Å²) in [6, 6.07) is -0.230. The second-order valence-electron chi connectivity index (χ2n) is 6.96. The highest BCUT2D eigenvalue weighted by Gasteiger charge is 2.57. The van der Waals surface area contributed by atoms with Crippen LogP contribution in [0.15, 0.2) is 0 Å². The van der Waals surface area contributed by atoms with Crippen molar-refractivity contribution in [3.63, 3.8) is 0 Å². The molecular formula is C13H25NO5S. The van der Waals surface area contributed by atoms with Gasteiger partial charge in [-0.3, -0.25) is 8.67 Å². The van der Waals surface area contributed by atoms with Crippen LogP contribution >= 0.6 is 0 Å². The summed E-state index contributed by atoms with van der Waals surface area (Å²) in [6.07, 6.45) is -0.401. The van der Waals surface area contributed by atoms with Crippen molar-refractivity contribution in [2.24, 2.45) is 5.92 Å². The highest BCUT2D eigenvalue weighted by molar-refractivity contribution is 7.86. The molecule has 7 heteroatoms. The molecule has 6 nitrogen and oxygen atoms in total.